The van der Waals surface area contributed by atoms with Gasteiger partial charge in [-0.2, -0.15) is 5.26 Å². The molecule has 2 aromatic carbocycles. The Balaban J connectivity index is 1.30. The number of rotatable bonds is 7. The maximum absolute atomic E-state index is 15.7. The van der Waals surface area contributed by atoms with E-state index >= 15 is 4.39 Å². The molecule has 0 N–H and O–H groups in total. The van der Waals surface area contributed by atoms with Crippen LogP contribution in [0.5, 0.6) is 0 Å². The van der Waals surface area contributed by atoms with Crippen molar-refractivity contribution in [2.24, 2.45) is 4.99 Å². The molecule has 8 heteroatoms. The van der Waals surface area contributed by atoms with E-state index in [1.54, 1.807) is 42.7 Å². The first-order valence-electron chi connectivity index (χ1n) is 12.3. The molecule has 1 aliphatic heterocycles. The lowest BCUT2D eigenvalue weighted by Crippen LogP contribution is -2.10. The van der Waals surface area contributed by atoms with Gasteiger partial charge in [0.25, 0.3) is 0 Å². The van der Waals surface area contributed by atoms with Crippen LogP contribution in [0, 0.1) is 23.0 Å². The van der Waals surface area contributed by atoms with E-state index in [9.17, 15) is 14.4 Å². The number of aromatic nitrogens is 3. The van der Waals surface area contributed by atoms with Gasteiger partial charge in [0.1, 0.15) is 29.3 Å². The quantitative estimate of drug-likeness (QED) is 0.303. The molecule has 1 aliphatic carbocycles. The van der Waals surface area contributed by atoms with Crippen molar-refractivity contribution in [1.82, 2.24) is 15.0 Å². The highest BCUT2D eigenvalue weighted by Crippen LogP contribution is 2.47. The molecule has 38 heavy (non-hydrogen) atoms. The summed E-state index contributed by atoms with van der Waals surface area (Å²) in [6.07, 6.45) is 6.52. The highest BCUT2D eigenvalue weighted by molar-refractivity contribution is 5.97. The molecule has 0 amide bonds. The van der Waals surface area contributed by atoms with Gasteiger partial charge in [-0.05, 0) is 48.2 Å². The van der Waals surface area contributed by atoms with Crippen LogP contribution >= 0.6 is 0 Å². The summed E-state index contributed by atoms with van der Waals surface area (Å²) in [6, 6.07) is 15.3. The van der Waals surface area contributed by atoms with Crippen LogP contribution in [0.2, 0.25) is 0 Å². The molecule has 1 fully saturated rings. The number of hydrogen-bond donors (Lipinski definition) is 0. The molecule has 0 spiro atoms. The number of nitriles is 1. The van der Waals surface area contributed by atoms with Crippen molar-refractivity contribution >= 4 is 17.7 Å². The van der Waals surface area contributed by atoms with Gasteiger partial charge in [-0.25, -0.2) is 18.7 Å². The summed E-state index contributed by atoms with van der Waals surface area (Å²) >= 11 is 0. The number of ketones is 1. The SMILES string of the molecule is N#CC1(c2cccc(C(=O)Cc3ccc(F)c(Cc4ncccc4-c4ncnc5c4N=CC5)c3F)c2)CC1. The molecule has 0 saturated heterocycles. The summed E-state index contributed by atoms with van der Waals surface area (Å²) in [5, 5.41) is 9.49. The number of hydrogen-bond acceptors (Lipinski definition) is 6. The lowest BCUT2D eigenvalue weighted by molar-refractivity contribution is 0.0991. The first-order chi connectivity index (χ1) is 18.5. The van der Waals surface area contributed by atoms with Crippen molar-refractivity contribution in [3.8, 4) is 17.3 Å². The topological polar surface area (TPSA) is 91.9 Å². The molecule has 0 unspecified atom stereocenters. The van der Waals surface area contributed by atoms with Crippen LogP contribution in [-0.2, 0) is 24.7 Å². The fraction of sp³-hybridized carbons (Fsp3) is 0.200. The molecular weight excluding hydrogens is 484 g/mol. The van der Waals surface area contributed by atoms with Crippen LogP contribution in [0.3, 0.4) is 0 Å². The average molecular weight is 506 g/mol. The van der Waals surface area contributed by atoms with Crippen LogP contribution in [0.25, 0.3) is 11.3 Å². The number of pyridine rings is 1. The average Bonchev–Trinajstić information content (AvgIpc) is 3.61. The smallest absolute Gasteiger partial charge is 0.167 e. The molecule has 6 rings (SSSR count). The first kappa shape index (κ1) is 23.7. The van der Waals surface area contributed by atoms with Gasteiger partial charge in [0, 0.05) is 48.4 Å². The second kappa shape index (κ2) is 9.34. The molecule has 0 bridgehead atoms. The maximum Gasteiger partial charge on any atom is 0.167 e. The van der Waals surface area contributed by atoms with Gasteiger partial charge in [-0.1, -0.05) is 24.3 Å². The number of carbonyl (C=O) groups is 1. The molecule has 0 radical (unpaired) electrons. The van der Waals surface area contributed by atoms with Crippen molar-refractivity contribution in [2.45, 2.75) is 37.5 Å². The summed E-state index contributed by atoms with van der Waals surface area (Å²) in [6.45, 7) is 0. The van der Waals surface area contributed by atoms with E-state index in [-0.39, 0.29) is 29.8 Å². The van der Waals surface area contributed by atoms with E-state index in [4.69, 9.17) is 0 Å². The Kier molecular flexibility index (Phi) is 5.84. The third-order valence-corrected chi connectivity index (χ3v) is 7.21. The number of nitrogens with zero attached hydrogens (tertiary/aromatic N) is 5. The van der Waals surface area contributed by atoms with Crippen molar-refractivity contribution in [1.29, 1.82) is 5.26 Å². The second-order valence-corrected chi connectivity index (χ2v) is 9.58. The Morgan fingerprint density at radius 2 is 1.92 bits per heavy atom. The fourth-order valence-electron chi connectivity index (χ4n) is 4.88. The largest absolute Gasteiger partial charge is 0.294 e. The zero-order valence-corrected chi connectivity index (χ0v) is 20.3. The van der Waals surface area contributed by atoms with Crippen LogP contribution in [0.4, 0.5) is 14.5 Å². The van der Waals surface area contributed by atoms with Gasteiger partial charge in [-0.15, -0.1) is 0 Å². The van der Waals surface area contributed by atoms with E-state index in [1.165, 1.54) is 18.5 Å². The number of halogens is 2. The fourth-order valence-corrected chi connectivity index (χ4v) is 4.88. The normalized spacial score (nSPS) is 14.7. The molecular formula is C30H21F2N5O. The third-order valence-electron chi connectivity index (χ3n) is 7.21. The van der Waals surface area contributed by atoms with Crippen LogP contribution in [0.1, 0.15) is 51.3 Å². The molecule has 2 aliphatic rings. The zero-order valence-electron chi connectivity index (χ0n) is 20.3. The van der Waals surface area contributed by atoms with E-state index in [1.807, 2.05) is 6.07 Å². The van der Waals surface area contributed by atoms with Crippen molar-refractivity contribution in [3.63, 3.8) is 0 Å². The molecule has 2 aromatic heterocycles. The monoisotopic (exact) mass is 505 g/mol. The molecule has 186 valence electrons. The number of benzene rings is 2. The summed E-state index contributed by atoms with van der Waals surface area (Å²) in [5.41, 5.74) is 3.65. The molecule has 0 atom stereocenters. The zero-order chi connectivity index (χ0) is 26.3. The van der Waals surface area contributed by atoms with Crippen LogP contribution in [0.15, 0.2) is 66.0 Å². The molecule has 3 heterocycles. The summed E-state index contributed by atoms with van der Waals surface area (Å²) in [7, 11) is 0. The van der Waals surface area contributed by atoms with Gasteiger partial charge in [-0.3, -0.25) is 14.8 Å². The van der Waals surface area contributed by atoms with E-state index in [0.717, 1.165) is 24.1 Å². The van der Waals surface area contributed by atoms with Crippen LogP contribution in [-0.4, -0.2) is 26.9 Å². The molecule has 1 saturated carbocycles. The predicted octanol–water partition coefficient (Wildman–Crippen LogP) is 5.65. The standard InChI is InChI=1S/C30H21F2N5O/c31-23-7-6-19(14-26(38)18-3-1-4-20(13-18)30(16-33)9-10-30)27(32)22(23)15-25-21(5-2-11-34-25)28-29-24(8-12-35-29)36-17-37-28/h1-7,11-13,17H,8-10,14-15H2. The van der Waals surface area contributed by atoms with Gasteiger partial charge < -0.3 is 0 Å². The number of Topliss-reactive ketones (excluding diaryl/α,β-unsaturated/α-hetero) is 1. The van der Waals surface area contributed by atoms with E-state index < -0.39 is 17.0 Å². The van der Waals surface area contributed by atoms with Crippen molar-refractivity contribution < 1.29 is 13.6 Å². The highest BCUT2D eigenvalue weighted by Gasteiger charge is 2.45. The van der Waals surface area contributed by atoms with E-state index in [0.29, 0.717) is 34.6 Å². The van der Waals surface area contributed by atoms with Gasteiger partial charge in [0.2, 0.25) is 0 Å². The third kappa shape index (κ3) is 4.16. The minimum Gasteiger partial charge on any atom is -0.294 e. The first-order valence-corrected chi connectivity index (χ1v) is 12.3. The Morgan fingerprint density at radius 3 is 2.74 bits per heavy atom. The summed E-state index contributed by atoms with van der Waals surface area (Å²) in [4.78, 5) is 30.5. The Morgan fingerprint density at radius 1 is 1.05 bits per heavy atom. The number of aliphatic imine (C=N–C) groups is 1. The minimum absolute atomic E-state index is 0.100. The van der Waals surface area contributed by atoms with Gasteiger partial charge in [0.15, 0.2) is 5.78 Å². The minimum atomic E-state index is -0.771. The lowest BCUT2D eigenvalue weighted by atomic mass is 9.93. The highest BCUT2D eigenvalue weighted by atomic mass is 19.1. The Labute approximate surface area is 217 Å². The number of carbonyl (C=O) groups excluding carboxylic acids is 1. The Bertz CT molecular complexity index is 1670. The van der Waals surface area contributed by atoms with Crippen molar-refractivity contribution in [2.75, 3.05) is 0 Å². The van der Waals surface area contributed by atoms with Gasteiger partial charge >= 0.3 is 0 Å². The summed E-state index contributed by atoms with van der Waals surface area (Å²) < 4.78 is 30.6. The molecule has 4 aromatic rings. The number of fused-ring (bicyclic) bond motifs is 1. The van der Waals surface area contributed by atoms with Gasteiger partial charge in [0.05, 0.1) is 22.9 Å². The second-order valence-electron chi connectivity index (χ2n) is 9.58. The van der Waals surface area contributed by atoms with E-state index in [2.05, 4.69) is 26.0 Å². The van der Waals surface area contributed by atoms with Crippen molar-refractivity contribution in [3.05, 3.63) is 106 Å². The van der Waals surface area contributed by atoms with Crippen LogP contribution < -0.4 is 0 Å². The predicted molar refractivity (Wildman–Crippen MR) is 137 cm³/mol. The lowest BCUT2D eigenvalue weighted by Gasteiger charge is -2.13. The maximum atomic E-state index is 15.7. The summed E-state index contributed by atoms with van der Waals surface area (Å²) in [5.74, 6) is -1.79. The molecule has 6 nitrogen and oxygen atoms in total. The Hall–Kier alpha value is -4.64.